The van der Waals surface area contributed by atoms with Crippen molar-refractivity contribution >= 4 is 17.4 Å². The molecule has 0 bridgehead atoms. The molecule has 11 heteroatoms. The highest BCUT2D eigenvalue weighted by Crippen LogP contribution is 2.42. The van der Waals surface area contributed by atoms with Crippen LogP contribution in [0, 0.1) is 28.0 Å². The van der Waals surface area contributed by atoms with Crippen molar-refractivity contribution in [3.8, 4) is 6.07 Å². The molecule has 0 spiro atoms. The second-order valence-corrected chi connectivity index (χ2v) is 6.90. The van der Waals surface area contributed by atoms with E-state index >= 15 is 0 Å². The summed E-state index contributed by atoms with van der Waals surface area (Å²) >= 11 is 0. The zero-order valence-corrected chi connectivity index (χ0v) is 16.7. The lowest BCUT2D eigenvalue weighted by Crippen LogP contribution is -2.47. The lowest BCUT2D eigenvalue weighted by Gasteiger charge is -2.39. The van der Waals surface area contributed by atoms with Gasteiger partial charge in [0.1, 0.15) is 6.04 Å². The number of carbonyl (C=O) groups is 1. The van der Waals surface area contributed by atoms with Crippen molar-refractivity contribution in [2.24, 2.45) is 0 Å². The van der Waals surface area contributed by atoms with E-state index in [1.54, 1.807) is 6.07 Å². The number of halogens is 3. The Kier molecular flexibility index (Phi) is 5.60. The Morgan fingerprint density at radius 3 is 2.50 bits per heavy atom. The van der Waals surface area contributed by atoms with Crippen LogP contribution in [0.3, 0.4) is 0 Å². The van der Waals surface area contributed by atoms with E-state index in [-0.39, 0.29) is 28.2 Å². The van der Waals surface area contributed by atoms with Crippen molar-refractivity contribution in [2.75, 3.05) is 11.9 Å². The van der Waals surface area contributed by atoms with E-state index in [1.165, 1.54) is 32.2 Å². The number of nitro benzene ring substituents is 1. The molecule has 1 atom stereocenters. The number of benzene rings is 2. The molecule has 0 aromatic heterocycles. The maximum absolute atomic E-state index is 13.2. The molecule has 2 aromatic rings. The van der Waals surface area contributed by atoms with Crippen molar-refractivity contribution in [3.05, 3.63) is 92.1 Å². The van der Waals surface area contributed by atoms with E-state index in [0.717, 1.165) is 34.1 Å². The summed E-state index contributed by atoms with van der Waals surface area (Å²) in [5, 5.41) is 20.6. The van der Waals surface area contributed by atoms with Crippen molar-refractivity contribution in [2.45, 2.75) is 19.1 Å². The Bertz CT molecular complexity index is 1240. The molecule has 0 radical (unpaired) electrons. The van der Waals surface area contributed by atoms with Gasteiger partial charge < -0.3 is 4.90 Å². The van der Waals surface area contributed by atoms with E-state index in [2.05, 4.69) is 4.85 Å². The maximum atomic E-state index is 13.2. The maximum Gasteiger partial charge on any atom is 0.416 e. The molecule has 1 aliphatic rings. The van der Waals surface area contributed by atoms with E-state index in [1.807, 2.05) is 0 Å². The van der Waals surface area contributed by atoms with Crippen molar-refractivity contribution in [1.82, 2.24) is 4.90 Å². The number of amides is 2. The van der Waals surface area contributed by atoms with Crippen LogP contribution in [0.4, 0.5) is 29.3 Å². The number of allylic oxidation sites excluding steroid dienone is 1. The molecule has 3 rings (SSSR count). The lowest BCUT2D eigenvalue weighted by atomic mass is 9.96. The number of nitrogens with zero attached hydrogens (tertiary/aromatic N) is 5. The minimum absolute atomic E-state index is 0.0129. The van der Waals surface area contributed by atoms with Gasteiger partial charge in [0.05, 0.1) is 28.7 Å². The highest BCUT2D eigenvalue weighted by atomic mass is 19.4. The number of hydrogen-bond donors (Lipinski definition) is 0. The highest BCUT2D eigenvalue weighted by Gasteiger charge is 2.41. The van der Waals surface area contributed by atoms with E-state index < -0.39 is 34.4 Å². The van der Waals surface area contributed by atoms with Gasteiger partial charge in [-0.05, 0) is 37.3 Å². The molecular formula is C21H14F3N5O3. The summed E-state index contributed by atoms with van der Waals surface area (Å²) < 4.78 is 39.5. The fourth-order valence-electron chi connectivity index (χ4n) is 3.53. The van der Waals surface area contributed by atoms with Gasteiger partial charge in [0.25, 0.3) is 5.69 Å². The van der Waals surface area contributed by atoms with Crippen LogP contribution >= 0.6 is 0 Å². The van der Waals surface area contributed by atoms with Gasteiger partial charge in [-0.1, -0.05) is 6.07 Å². The number of urea groups is 1. The molecule has 2 amide bonds. The van der Waals surface area contributed by atoms with Gasteiger partial charge >= 0.3 is 12.2 Å². The van der Waals surface area contributed by atoms with E-state index in [4.69, 9.17) is 11.8 Å². The first-order valence-corrected chi connectivity index (χ1v) is 9.02. The predicted molar refractivity (Wildman–Crippen MR) is 107 cm³/mol. The first-order chi connectivity index (χ1) is 15.0. The van der Waals surface area contributed by atoms with Crippen LogP contribution in [0.1, 0.15) is 29.7 Å². The number of nitro groups is 1. The second-order valence-electron chi connectivity index (χ2n) is 6.90. The number of carbonyl (C=O) groups excluding carboxylic acids is 1. The van der Waals surface area contributed by atoms with Crippen molar-refractivity contribution in [1.29, 1.82) is 5.26 Å². The van der Waals surface area contributed by atoms with Crippen LogP contribution in [0.25, 0.3) is 4.85 Å². The van der Waals surface area contributed by atoms with Crippen LogP contribution in [0.15, 0.2) is 53.9 Å². The zero-order chi connectivity index (χ0) is 23.8. The zero-order valence-electron chi connectivity index (χ0n) is 16.7. The molecule has 0 fully saturated rings. The average molecular weight is 441 g/mol. The molecule has 162 valence electrons. The average Bonchev–Trinajstić information content (AvgIpc) is 2.75. The van der Waals surface area contributed by atoms with Gasteiger partial charge in [0, 0.05) is 30.1 Å². The van der Waals surface area contributed by atoms with Gasteiger partial charge in [-0.3, -0.25) is 15.0 Å². The molecule has 32 heavy (non-hydrogen) atoms. The largest absolute Gasteiger partial charge is 0.416 e. The SMILES string of the molecule is [C-]#[N+]C1=C(C)N(c2cccc(C(F)(F)F)c2)C(=O)N(C)[C@@H]1c1ccc(C#N)cc1[N+](=O)[O-]. The van der Waals surface area contributed by atoms with Gasteiger partial charge in [-0.15, -0.1) is 0 Å². The number of rotatable bonds is 3. The predicted octanol–water partition coefficient (Wildman–Crippen LogP) is 5.25. The molecule has 0 N–H and O–H groups in total. The molecule has 1 heterocycles. The summed E-state index contributed by atoms with van der Waals surface area (Å²) in [6.07, 6.45) is -4.63. The summed E-state index contributed by atoms with van der Waals surface area (Å²) in [4.78, 5) is 29.5. The standard InChI is InChI=1S/C21H14F3N5O3/c1-12-18(26-2)19(16-8-7-13(11-25)9-17(16)29(31)32)27(3)20(30)28(12)15-6-4-5-14(10-15)21(22,23)24/h4-10,19H,1,3H3/t19-/m1/s1. The van der Waals surface area contributed by atoms with Crippen LogP contribution in [-0.2, 0) is 6.18 Å². The van der Waals surface area contributed by atoms with E-state index in [9.17, 15) is 28.1 Å². The number of hydrogen-bond acceptors (Lipinski definition) is 4. The second kappa shape index (κ2) is 8.04. The molecule has 0 aliphatic carbocycles. The highest BCUT2D eigenvalue weighted by molar-refractivity contribution is 5.97. The molecule has 0 saturated carbocycles. The minimum atomic E-state index is -4.63. The normalized spacial score (nSPS) is 16.6. The fraction of sp³-hybridized carbons (Fsp3) is 0.190. The van der Waals surface area contributed by atoms with Crippen molar-refractivity contribution < 1.29 is 22.9 Å². The smallest absolute Gasteiger partial charge is 0.325 e. The van der Waals surface area contributed by atoms with Crippen LogP contribution in [0.5, 0.6) is 0 Å². The summed E-state index contributed by atoms with van der Waals surface area (Å²) in [7, 11) is 1.30. The fourth-order valence-corrected chi connectivity index (χ4v) is 3.53. The lowest BCUT2D eigenvalue weighted by molar-refractivity contribution is -0.385. The Morgan fingerprint density at radius 1 is 1.25 bits per heavy atom. The summed E-state index contributed by atoms with van der Waals surface area (Å²) in [6.45, 7) is 9.00. The molecule has 0 unspecified atom stereocenters. The van der Waals surface area contributed by atoms with Gasteiger partial charge in [0.15, 0.2) is 0 Å². The summed E-state index contributed by atoms with van der Waals surface area (Å²) in [5.74, 6) is 0. The van der Waals surface area contributed by atoms with Gasteiger partial charge in [0.2, 0.25) is 5.70 Å². The number of alkyl halides is 3. The monoisotopic (exact) mass is 441 g/mol. The number of likely N-dealkylation sites (N-methyl/N-ethyl adjacent to an activating group) is 1. The van der Waals surface area contributed by atoms with Crippen LogP contribution < -0.4 is 4.90 Å². The molecule has 1 aliphatic heterocycles. The minimum Gasteiger partial charge on any atom is -0.325 e. The van der Waals surface area contributed by atoms with Gasteiger partial charge in [-0.2, -0.15) is 18.4 Å². The number of nitriles is 1. The summed E-state index contributed by atoms with van der Waals surface area (Å²) in [6, 6.07) is 7.64. The van der Waals surface area contributed by atoms with E-state index in [0.29, 0.717) is 0 Å². The topological polar surface area (TPSA) is 94.8 Å². The first-order valence-electron chi connectivity index (χ1n) is 9.02. The quantitative estimate of drug-likeness (QED) is 0.369. The molecule has 8 nitrogen and oxygen atoms in total. The Labute approximate surface area is 180 Å². The third-order valence-electron chi connectivity index (χ3n) is 5.05. The Morgan fingerprint density at radius 2 is 1.94 bits per heavy atom. The first kappa shape index (κ1) is 22.3. The van der Waals surface area contributed by atoms with Gasteiger partial charge in [-0.25, -0.2) is 9.64 Å². The Hall–Kier alpha value is -4.38. The van der Waals surface area contributed by atoms with Crippen LogP contribution in [0.2, 0.25) is 0 Å². The van der Waals surface area contributed by atoms with Crippen LogP contribution in [-0.4, -0.2) is 22.9 Å². The molecular weight excluding hydrogens is 427 g/mol. The molecule has 0 saturated heterocycles. The third kappa shape index (κ3) is 3.72. The number of anilines is 1. The third-order valence-corrected chi connectivity index (χ3v) is 5.05. The Balaban J connectivity index is 2.21. The molecule has 2 aromatic carbocycles. The van der Waals surface area contributed by atoms with Crippen molar-refractivity contribution in [3.63, 3.8) is 0 Å². The summed E-state index contributed by atoms with van der Waals surface area (Å²) in [5.41, 5.74) is -1.49.